The zero-order valence-electron chi connectivity index (χ0n) is 7.07. The van der Waals surface area contributed by atoms with Crippen molar-refractivity contribution < 1.29 is 9.50 Å². The molecule has 1 fully saturated rings. The minimum atomic E-state index is -0.427. The van der Waals surface area contributed by atoms with E-state index in [1.807, 2.05) is 0 Å². The number of aliphatic hydroxyl groups is 1. The van der Waals surface area contributed by atoms with Gasteiger partial charge in [0.15, 0.2) is 0 Å². The van der Waals surface area contributed by atoms with Gasteiger partial charge < -0.3 is 10.4 Å². The summed E-state index contributed by atoms with van der Waals surface area (Å²) in [5, 5.41) is 12.6. The number of hydrogen-bond acceptors (Lipinski definition) is 3. The normalized spacial score (nSPS) is 27.8. The SMILES string of the molecule is O[C@@H]1CNC[C@H]1c1cncc(F)c1. The van der Waals surface area contributed by atoms with Gasteiger partial charge in [0.2, 0.25) is 0 Å². The van der Waals surface area contributed by atoms with E-state index in [-0.39, 0.29) is 11.7 Å². The first-order valence-electron chi connectivity index (χ1n) is 4.26. The van der Waals surface area contributed by atoms with E-state index in [1.54, 1.807) is 6.20 Å². The van der Waals surface area contributed by atoms with Crippen molar-refractivity contribution in [2.75, 3.05) is 13.1 Å². The molecule has 13 heavy (non-hydrogen) atoms. The third kappa shape index (κ3) is 1.68. The van der Waals surface area contributed by atoms with Crippen LogP contribution < -0.4 is 5.32 Å². The van der Waals surface area contributed by atoms with Crippen LogP contribution in [0.25, 0.3) is 0 Å². The Hall–Kier alpha value is -1.00. The maximum atomic E-state index is 12.8. The van der Waals surface area contributed by atoms with Gasteiger partial charge >= 0.3 is 0 Å². The topological polar surface area (TPSA) is 45.1 Å². The number of aliphatic hydroxyl groups excluding tert-OH is 1. The molecular formula is C9H11FN2O. The van der Waals surface area contributed by atoms with Gasteiger partial charge in [-0.1, -0.05) is 0 Å². The summed E-state index contributed by atoms with van der Waals surface area (Å²) in [7, 11) is 0. The highest BCUT2D eigenvalue weighted by molar-refractivity contribution is 5.19. The van der Waals surface area contributed by atoms with Crippen molar-refractivity contribution in [1.29, 1.82) is 0 Å². The lowest BCUT2D eigenvalue weighted by molar-refractivity contribution is 0.177. The molecule has 0 amide bonds. The standard InChI is InChI=1S/C9H11FN2O/c10-7-1-6(2-11-3-7)8-4-12-5-9(8)13/h1-3,8-9,12-13H,4-5H2/t8-,9+/m0/s1. The van der Waals surface area contributed by atoms with Gasteiger partial charge in [0.25, 0.3) is 0 Å². The fourth-order valence-electron chi connectivity index (χ4n) is 1.64. The molecule has 0 aromatic carbocycles. The summed E-state index contributed by atoms with van der Waals surface area (Å²) in [5.74, 6) is -0.375. The predicted molar refractivity (Wildman–Crippen MR) is 45.8 cm³/mol. The summed E-state index contributed by atoms with van der Waals surface area (Å²) in [6, 6.07) is 1.42. The van der Waals surface area contributed by atoms with E-state index in [1.165, 1.54) is 6.07 Å². The van der Waals surface area contributed by atoms with Crippen molar-refractivity contribution in [3.8, 4) is 0 Å². The minimum Gasteiger partial charge on any atom is -0.391 e. The highest BCUT2D eigenvalue weighted by atomic mass is 19.1. The van der Waals surface area contributed by atoms with Crippen molar-refractivity contribution in [1.82, 2.24) is 10.3 Å². The maximum absolute atomic E-state index is 12.8. The van der Waals surface area contributed by atoms with Gasteiger partial charge in [0.05, 0.1) is 12.3 Å². The molecule has 0 unspecified atom stereocenters. The number of pyridine rings is 1. The molecule has 70 valence electrons. The Bertz CT molecular complexity index is 305. The fourth-order valence-corrected chi connectivity index (χ4v) is 1.64. The quantitative estimate of drug-likeness (QED) is 0.655. The summed E-state index contributed by atoms with van der Waals surface area (Å²) in [6.45, 7) is 1.26. The summed E-state index contributed by atoms with van der Waals surface area (Å²) in [5.41, 5.74) is 0.762. The lowest BCUT2D eigenvalue weighted by Crippen LogP contribution is -2.16. The minimum absolute atomic E-state index is 0.0248. The van der Waals surface area contributed by atoms with Crippen LogP contribution in [0.15, 0.2) is 18.5 Å². The molecule has 1 aromatic heterocycles. The molecule has 0 radical (unpaired) electrons. The molecule has 0 spiro atoms. The Morgan fingerprint density at radius 2 is 2.31 bits per heavy atom. The maximum Gasteiger partial charge on any atom is 0.141 e. The van der Waals surface area contributed by atoms with Gasteiger partial charge in [-0.05, 0) is 11.6 Å². The number of hydrogen-bond donors (Lipinski definition) is 2. The Morgan fingerprint density at radius 3 is 2.92 bits per heavy atom. The molecule has 1 saturated heterocycles. The van der Waals surface area contributed by atoms with E-state index >= 15 is 0 Å². The average Bonchev–Trinajstić information content (AvgIpc) is 2.51. The van der Waals surface area contributed by atoms with Crippen LogP contribution in [0, 0.1) is 5.82 Å². The third-order valence-corrected chi connectivity index (χ3v) is 2.34. The van der Waals surface area contributed by atoms with Crippen molar-refractivity contribution in [2.45, 2.75) is 12.0 Å². The van der Waals surface area contributed by atoms with Crippen molar-refractivity contribution in [3.05, 3.63) is 29.8 Å². The van der Waals surface area contributed by atoms with E-state index in [9.17, 15) is 9.50 Å². The second-order valence-corrected chi connectivity index (χ2v) is 3.27. The van der Waals surface area contributed by atoms with Gasteiger partial charge in [-0.2, -0.15) is 0 Å². The fraction of sp³-hybridized carbons (Fsp3) is 0.444. The molecular weight excluding hydrogens is 171 g/mol. The summed E-state index contributed by atoms with van der Waals surface area (Å²) >= 11 is 0. The molecule has 0 aliphatic carbocycles. The largest absolute Gasteiger partial charge is 0.391 e. The lowest BCUT2D eigenvalue weighted by Gasteiger charge is -2.12. The molecule has 2 N–H and O–H groups in total. The molecule has 3 nitrogen and oxygen atoms in total. The van der Waals surface area contributed by atoms with Gasteiger partial charge in [-0.3, -0.25) is 4.98 Å². The molecule has 4 heteroatoms. The Balaban J connectivity index is 2.24. The molecule has 0 saturated carbocycles. The summed E-state index contributed by atoms with van der Waals surface area (Å²) < 4.78 is 12.8. The second-order valence-electron chi connectivity index (χ2n) is 3.27. The number of nitrogens with one attached hydrogen (secondary N) is 1. The van der Waals surface area contributed by atoms with Crippen LogP contribution in [-0.2, 0) is 0 Å². The van der Waals surface area contributed by atoms with E-state index in [0.29, 0.717) is 13.1 Å². The van der Waals surface area contributed by atoms with Crippen molar-refractivity contribution in [2.24, 2.45) is 0 Å². The summed E-state index contributed by atoms with van der Waals surface area (Å²) in [4.78, 5) is 3.75. The molecule has 2 atom stereocenters. The molecule has 1 aliphatic rings. The zero-order valence-corrected chi connectivity index (χ0v) is 7.07. The number of rotatable bonds is 1. The first-order chi connectivity index (χ1) is 6.27. The predicted octanol–water partition coefficient (Wildman–Crippen LogP) is 0.268. The molecule has 1 aliphatic heterocycles. The van der Waals surface area contributed by atoms with E-state index in [2.05, 4.69) is 10.3 Å². The van der Waals surface area contributed by atoms with Crippen LogP contribution in [0.2, 0.25) is 0 Å². The van der Waals surface area contributed by atoms with Crippen LogP contribution >= 0.6 is 0 Å². The number of β-amino-alcohol motifs (C(OH)–C–C–N with tert-alkyl or cyclic N) is 1. The van der Waals surface area contributed by atoms with Gasteiger partial charge in [-0.25, -0.2) is 4.39 Å². The highest BCUT2D eigenvalue weighted by Crippen LogP contribution is 2.22. The smallest absolute Gasteiger partial charge is 0.141 e. The van der Waals surface area contributed by atoms with Gasteiger partial charge in [0, 0.05) is 25.2 Å². The Morgan fingerprint density at radius 1 is 1.46 bits per heavy atom. The monoisotopic (exact) mass is 182 g/mol. The van der Waals surface area contributed by atoms with Crippen LogP contribution in [-0.4, -0.2) is 29.3 Å². The highest BCUT2D eigenvalue weighted by Gasteiger charge is 2.26. The molecule has 1 aromatic rings. The average molecular weight is 182 g/mol. The van der Waals surface area contributed by atoms with Crippen LogP contribution in [0.5, 0.6) is 0 Å². The van der Waals surface area contributed by atoms with Crippen LogP contribution in [0.3, 0.4) is 0 Å². The molecule has 2 heterocycles. The van der Waals surface area contributed by atoms with Crippen LogP contribution in [0.4, 0.5) is 4.39 Å². The summed E-state index contributed by atoms with van der Waals surface area (Å²) in [6.07, 6.45) is 2.34. The first kappa shape index (κ1) is 8.59. The third-order valence-electron chi connectivity index (χ3n) is 2.34. The van der Waals surface area contributed by atoms with Crippen molar-refractivity contribution in [3.63, 3.8) is 0 Å². The second kappa shape index (κ2) is 3.40. The first-order valence-corrected chi connectivity index (χ1v) is 4.26. The number of aromatic nitrogens is 1. The molecule has 0 bridgehead atoms. The van der Waals surface area contributed by atoms with Crippen LogP contribution in [0.1, 0.15) is 11.5 Å². The van der Waals surface area contributed by atoms with E-state index < -0.39 is 6.10 Å². The number of halogens is 1. The zero-order chi connectivity index (χ0) is 9.26. The Kier molecular flexibility index (Phi) is 2.24. The molecule has 2 rings (SSSR count). The van der Waals surface area contributed by atoms with Gasteiger partial charge in [0.1, 0.15) is 5.82 Å². The van der Waals surface area contributed by atoms with E-state index in [4.69, 9.17) is 0 Å². The Labute approximate surface area is 75.6 Å². The van der Waals surface area contributed by atoms with Crippen molar-refractivity contribution >= 4 is 0 Å². The van der Waals surface area contributed by atoms with E-state index in [0.717, 1.165) is 11.8 Å². The van der Waals surface area contributed by atoms with Gasteiger partial charge in [-0.15, -0.1) is 0 Å². The lowest BCUT2D eigenvalue weighted by atomic mass is 9.98. The number of nitrogens with zero attached hydrogens (tertiary/aromatic N) is 1.